The fourth-order valence-electron chi connectivity index (χ4n) is 1.96. The average molecular weight is 321 g/mol. The van der Waals surface area contributed by atoms with Crippen LogP contribution in [0, 0.1) is 0 Å². The first-order chi connectivity index (χ1) is 10.5. The summed E-state index contributed by atoms with van der Waals surface area (Å²) in [5.41, 5.74) is 3.20. The number of amides is 1. The zero-order chi connectivity index (χ0) is 17.8. The van der Waals surface area contributed by atoms with Crippen molar-refractivity contribution in [1.82, 2.24) is 0 Å². The molecule has 0 aliphatic heterocycles. The molecule has 0 saturated carbocycles. The van der Waals surface area contributed by atoms with Crippen molar-refractivity contribution in [2.45, 2.75) is 45.9 Å². The van der Waals surface area contributed by atoms with Gasteiger partial charge >= 0.3 is 12.1 Å². The number of aliphatic imine (C=N–C) groups is 1. The van der Waals surface area contributed by atoms with Crippen LogP contribution in [0.1, 0.15) is 34.6 Å². The fraction of sp³-hybridized carbons (Fsp3) is 0.438. The van der Waals surface area contributed by atoms with Crippen LogP contribution in [0.25, 0.3) is 0 Å². The number of rotatable bonds is 4. The number of benzene rings is 1. The number of nitrogens with two attached hydrogens (primary N) is 1. The Hall–Kier alpha value is -2.57. The molecule has 0 saturated heterocycles. The van der Waals surface area contributed by atoms with Crippen molar-refractivity contribution in [1.29, 1.82) is 0 Å². The first-order valence-corrected chi connectivity index (χ1v) is 7.11. The van der Waals surface area contributed by atoms with Gasteiger partial charge in [0.25, 0.3) is 0 Å². The van der Waals surface area contributed by atoms with Crippen molar-refractivity contribution < 1.29 is 19.4 Å². The Morgan fingerprint density at radius 1 is 1.17 bits per heavy atom. The number of hydrogen-bond donors (Lipinski definition) is 2. The molecular formula is C16H23N3O4. The molecule has 0 bridgehead atoms. The van der Waals surface area contributed by atoms with Crippen LogP contribution in [0.3, 0.4) is 0 Å². The summed E-state index contributed by atoms with van der Waals surface area (Å²) in [6.07, 6.45) is -0.821. The van der Waals surface area contributed by atoms with Crippen molar-refractivity contribution in [3.05, 3.63) is 30.3 Å². The van der Waals surface area contributed by atoms with E-state index >= 15 is 0 Å². The van der Waals surface area contributed by atoms with Gasteiger partial charge in [-0.2, -0.15) is 0 Å². The molecule has 1 atom stereocenters. The van der Waals surface area contributed by atoms with Crippen LogP contribution in [0.4, 0.5) is 10.5 Å². The normalized spacial score (nSPS) is 14.7. The third kappa shape index (κ3) is 4.70. The SMILES string of the molecule is CC(N)=N[C@](C)(C(=O)O)N(C(=O)OC(C)(C)C)c1ccccc1. The molecule has 3 N–H and O–H groups in total. The smallest absolute Gasteiger partial charge is 0.417 e. The standard InChI is InChI=1S/C16H23N3O4/c1-11(17)18-16(5,13(20)21)19(12-9-7-6-8-10-12)14(22)23-15(2,3)4/h6-10H,1-5H3,(H2,17,18)(H,20,21)/t16-/m0/s1. The quantitative estimate of drug-likeness (QED) is 0.655. The Morgan fingerprint density at radius 3 is 2.09 bits per heavy atom. The van der Waals surface area contributed by atoms with Crippen LogP contribution in [0.15, 0.2) is 35.3 Å². The zero-order valence-electron chi connectivity index (χ0n) is 14.0. The van der Waals surface area contributed by atoms with E-state index in [1.165, 1.54) is 13.8 Å². The van der Waals surface area contributed by atoms with Gasteiger partial charge in [-0.25, -0.2) is 19.5 Å². The van der Waals surface area contributed by atoms with Crippen LogP contribution < -0.4 is 10.6 Å². The predicted molar refractivity (Wildman–Crippen MR) is 88.5 cm³/mol. The molecule has 0 aliphatic rings. The number of carboxylic acid groups (broad SMARTS) is 1. The monoisotopic (exact) mass is 321 g/mol. The molecule has 1 amide bonds. The van der Waals surface area contributed by atoms with E-state index in [1.54, 1.807) is 51.1 Å². The molecule has 7 heteroatoms. The zero-order valence-corrected chi connectivity index (χ0v) is 14.0. The fourth-order valence-corrected chi connectivity index (χ4v) is 1.96. The van der Waals surface area contributed by atoms with Gasteiger partial charge in [0, 0.05) is 0 Å². The molecule has 0 fully saturated rings. The number of carbonyl (C=O) groups is 2. The van der Waals surface area contributed by atoms with Crippen molar-refractivity contribution >= 4 is 23.6 Å². The minimum atomic E-state index is -1.93. The molecule has 7 nitrogen and oxygen atoms in total. The summed E-state index contributed by atoms with van der Waals surface area (Å²) in [6.45, 7) is 7.85. The first-order valence-electron chi connectivity index (χ1n) is 7.11. The number of anilines is 1. The highest BCUT2D eigenvalue weighted by Gasteiger charge is 2.45. The molecule has 126 valence electrons. The number of para-hydroxylation sites is 1. The summed E-state index contributed by atoms with van der Waals surface area (Å²) in [5.74, 6) is -1.28. The van der Waals surface area contributed by atoms with Gasteiger partial charge in [0.2, 0.25) is 5.66 Å². The van der Waals surface area contributed by atoms with E-state index in [0.717, 1.165) is 4.90 Å². The molecule has 0 aliphatic carbocycles. The number of carboxylic acids is 1. The summed E-state index contributed by atoms with van der Waals surface area (Å²) >= 11 is 0. The summed E-state index contributed by atoms with van der Waals surface area (Å²) in [5, 5.41) is 9.65. The van der Waals surface area contributed by atoms with E-state index in [4.69, 9.17) is 10.5 Å². The maximum atomic E-state index is 12.6. The molecule has 1 rings (SSSR count). The lowest BCUT2D eigenvalue weighted by atomic mass is 10.1. The average Bonchev–Trinajstić information content (AvgIpc) is 2.36. The summed E-state index contributed by atoms with van der Waals surface area (Å²) in [6, 6.07) is 8.34. The Kier molecular flexibility index (Phi) is 5.37. The maximum Gasteiger partial charge on any atom is 0.417 e. The Balaban J connectivity index is 3.47. The third-order valence-electron chi connectivity index (χ3n) is 2.83. The van der Waals surface area contributed by atoms with E-state index < -0.39 is 23.3 Å². The van der Waals surface area contributed by atoms with Crippen molar-refractivity contribution in [2.24, 2.45) is 10.7 Å². The van der Waals surface area contributed by atoms with E-state index in [9.17, 15) is 14.7 Å². The molecule has 0 heterocycles. The number of carbonyl (C=O) groups excluding carboxylic acids is 1. The molecule has 1 aromatic rings. The number of amidine groups is 1. The van der Waals surface area contributed by atoms with Crippen LogP contribution in [0.2, 0.25) is 0 Å². The van der Waals surface area contributed by atoms with Gasteiger partial charge in [-0.1, -0.05) is 18.2 Å². The van der Waals surface area contributed by atoms with Crippen molar-refractivity contribution in [3.63, 3.8) is 0 Å². The van der Waals surface area contributed by atoms with E-state index in [-0.39, 0.29) is 5.84 Å². The van der Waals surface area contributed by atoms with Gasteiger partial charge in [0.05, 0.1) is 11.5 Å². The molecule has 1 aromatic carbocycles. The van der Waals surface area contributed by atoms with Gasteiger partial charge in [0.15, 0.2) is 0 Å². The summed E-state index contributed by atoms with van der Waals surface area (Å²) in [7, 11) is 0. The lowest BCUT2D eigenvalue weighted by Gasteiger charge is -2.36. The van der Waals surface area contributed by atoms with Gasteiger partial charge in [-0.05, 0) is 46.8 Å². The van der Waals surface area contributed by atoms with Crippen LogP contribution >= 0.6 is 0 Å². The molecular weight excluding hydrogens is 298 g/mol. The van der Waals surface area contributed by atoms with Gasteiger partial charge in [-0.3, -0.25) is 0 Å². The van der Waals surface area contributed by atoms with E-state index in [1.807, 2.05) is 0 Å². The van der Waals surface area contributed by atoms with Gasteiger partial charge in [0.1, 0.15) is 5.60 Å². The second-order valence-corrected chi connectivity index (χ2v) is 6.23. The van der Waals surface area contributed by atoms with Crippen LogP contribution in [-0.4, -0.2) is 34.3 Å². The Labute approximate surface area is 135 Å². The van der Waals surface area contributed by atoms with Crippen LogP contribution in [0.5, 0.6) is 0 Å². The second kappa shape index (κ2) is 6.68. The van der Waals surface area contributed by atoms with Gasteiger partial charge < -0.3 is 15.6 Å². The van der Waals surface area contributed by atoms with E-state index in [2.05, 4.69) is 4.99 Å². The van der Waals surface area contributed by atoms with Crippen molar-refractivity contribution in [3.8, 4) is 0 Å². The summed E-state index contributed by atoms with van der Waals surface area (Å²) in [4.78, 5) is 29.4. The lowest BCUT2D eigenvalue weighted by molar-refractivity contribution is -0.142. The molecule has 0 spiro atoms. The second-order valence-electron chi connectivity index (χ2n) is 6.23. The number of hydrogen-bond acceptors (Lipinski definition) is 4. The lowest BCUT2D eigenvalue weighted by Crippen LogP contribution is -2.56. The molecule has 0 aromatic heterocycles. The highest BCUT2D eigenvalue weighted by atomic mass is 16.6. The Bertz CT molecular complexity index is 604. The summed E-state index contributed by atoms with van der Waals surface area (Å²) < 4.78 is 5.35. The minimum Gasteiger partial charge on any atom is -0.478 e. The topological polar surface area (TPSA) is 105 Å². The van der Waals surface area contributed by atoms with Gasteiger partial charge in [-0.15, -0.1) is 0 Å². The number of aliphatic carboxylic acids is 1. The third-order valence-corrected chi connectivity index (χ3v) is 2.83. The predicted octanol–water partition coefficient (Wildman–Crippen LogP) is 2.61. The molecule has 23 heavy (non-hydrogen) atoms. The maximum absolute atomic E-state index is 12.6. The number of nitrogens with zero attached hydrogens (tertiary/aromatic N) is 2. The largest absolute Gasteiger partial charge is 0.478 e. The van der Waals surface area contributed by atoms with Crippen LogP contribution in [-0.2, 0) is 9.53 Å². The Morgan fingerprint density at radius 2 is 1.70 bits per heavy atom. The number of ether oxygens (including phenoxy) is 1. The first kappa shape index (κ1) is 18.5. The highest BCUT2D eigenvalue weighted by molar-refractivity contribution is 5.99. The van der Waals surface area contributed by atoms with Crippen molar-refractivity contribution in [2.75, 3.05) is 4.90 Å². The minimum absolute atomic E-state index is 0.0411. The van der Waals surface area contributed by atoms with E-state index in [0.29, 0.717) is 5.69 Å². The molecule has 0 radical (unpaired) electrons. The molecule has 0 unspecified atom stereocenters. The highest BCUT2D eigenvalue weighted by Crippen LogP contribution is 2.28.